The monoisotopic (exact) mass is 266 g/mol. The van der Waals surface area contributed by atoms with Crippen molar-refractivity contribution >= 4 is 6.03 Å². The highest BCUT2D eigenvalue weighted by atomic mass is 16.5. The summed E-state index contributed by atoms with van der Waals surface area (Å²) in [6, 6.07) is -0.529. The van der Waals surface area contributed by atoms with Crippen molar-refractivity contribution < 1.29 is 14.1 Å². The second kappa shape index (κ2) is 5.16. The van der Waals surface area contributed by atoms with Gasteiger partial charge >= 0.3 is 6.03 Å². The van der Waals surface area contributed by atoms with Crippen LogP contribution in [0.15, 0.2) is 4.52 Å². The number of nitrogens with two attached hydrogens (primary N) is 1. The van der Waals surface area contributed by atoms with Crippen LogP contribution in [0.5, 0.6) is 0 Å². The quantitative estimate of drug-likeness (QED) is 0.853. The zero-order valence-corrected chi connectivity index (χ0v) is 10.7. The van der Waals surface area contributed by atoms with Gasteiger partial charge in [-0.1, -0.05) is 11.6 Å². The normalized spacial score (nSPS) is 27.2. The Labute approximate surface area is 110 Å². The van der Waals surface area contributed by atoms with Crippen molar-refractivity contribution in [3.05, 3.63) is 11.7 Å². The Morgan fingerprint density at radius 3 is 2.89 bits per heavy atom. The number of rotatable bonds is 4. The van der Waals surface area contributed by atoms with Crippen molar-refractivity contribution in [3.8, 4) is 0 Å². The number of amides is 2. The first-order chi connectivity index (χ1) is 9.22. The van der Waals surface area contributed by atoms with Crippen LogP contribution >= 0.6 is 0 Å². The molecule has 2 aliphatic rings. The molecule has 0 aromatic carbocycles. The van der Waals surface area contributed by atoms with E-state index in [9.17, 15) is 4.79 Å². The van der Waals surface area contributed by atoms with Crippen LogP contribution in [0.3, 0.4) is 0 Å². The lowest BCUT2D eigenvalue weighted by Crippen LogP contribution is -2.35. The Bertz CT molecular complexity index is 458. The molecule has 1 aliphatic carbocycles. The molecular weight excluding hydrogens is 248 g/mol. The fourth-order valence-electron chi connectivity index (χ4n) is 2.46. The van der Waals surface area contributed by atoms with Crippen LogP contribution < -0.4 is 11.1 Å². The van der Waals surface area contributed by atoms with Crippen LogP contribution in [0.4, 0.5) is 4.79 Å². The van der Waals surface area contributed by atoms with E-state index in [4.69, 9.17) is 15.0 Å². The number of nitrogens with zero attached hydrogens (tertiary/aromatic N) is 2. The zero-order chi connectivity index (χ0) is 13.2. The first kappa shape index (κ1) is 12.4. The van der Waals surface area contributed by atoms with Crippen LogP contribution in [0, 0.1) is 0 Å². The van der Waals surface area contributed by atoms with E-state index in [0.29, 0.717) is 18.3 Å². The third kappa shape index (κ3) is 2.70. The van der Waals surface area contributed by atoms with Gasteiger partial charge in [-0.05, 0) is 25.7 Å². The number of primary amides is 1. The van der Waals surface area contributed by atoms with Gasteiger partial charge in [0.25, 0.3) is 0 Å². The second-order valence-electron chi connectivity index (χ2n) is 5.19. The number of carbonyl (C=O) groups excluding carboxylic acids is 1. The molecule has 2 fully saturated rings. The van der Waals surface area contributed by atoms with Gasteiger partial charge in [0.15, 0.2) is 0 Å². The summed E-state index contributed by atoms with van der Waals surface area (Å²) in [5.41, 5.74) is 5.03. The van der Waals surface area contributed by atoms with Crippen molar-refractivity contribution in [1.82, 2.24) is 15.5 Å². The summed E-state index contributed by atoms with van der Waals surface area (Å²) in [6.07, 6.45) is 5.06. The van der Waals surface area contributed by atoms with E-state index in [2.05, 4.69) is 15.5 Å². The number of ether oxygens (including phenoxy) is 1. The zero-order valence-electron chi connectivity index (χ0n) is 10.7. The van der Waals surface area contributed by atoms with Gasteiger partial charge in [0.05, 0.1) is 6.10 Å². The van der Waals surface area contributed by atoms with Gasteiger partial charge in [0.1, 0.15) is 6.10 Å². The summed E-state index contributed by atoms with van der Waals surface area (Å²) in [7, 11) is 0. The van der Waals surface area contributed by atoms with Gasteiger partial charge in [0, 0.05) is 12.5 Å². The molecule has 2 atom stereocenters. The van der Waals surface area contributed by atoms with E-state index in [0.717, 1.165) is 31.6 Å². The van der Waals surface area contributed by atoms with Crippen molar-refractivity contribution in [3.63, 3.8) is 0 Å². The summed E-state index contributed by atoms with van der Waals surface area (Å²) < 4.78 is 11.1. The summed E-state index contributed by atoms with van der Waals surface area (Å²) in [6.45, 7) is 0.430. The van der Waals surface area contributed by atoms with Crippen LogP contribution in [0.2, 0.25) is 0 Å². The minimum Gasteiger partial charge on any atom is -0.365 e. The lowest BCUT2D eigenvalue weighted by Gasteiger charge is -2.20. The largest absolute Gasteiger partial charge is 0.365 e. The maximum absolute atomic E-state index is 10.6. The molecule has 1 aliphatic heterocycles. The summed E-state index contributed by atoms with van der Waals surface area (Å²) >= 11 is 0. The fourth-order valence-corrected chi connectivity index (χ4v) is 2.46. The molecule has 2 unspecified atom stereocenters. The highest BCUT2D eigenvalue weighted by Crippen LogP contribution is 2.37. The number of urea groups is 1. The van der Waals surface area contributed by atoms with Gasteiger partial charge in [-0.2, -0.15) is 4.98 Å². The highest BCUT2D eigenvalue weighted by Gasteiger charge is 2.32. The number of carbonyl (C=O) groups is 1. The lowest BCUT2D eigenvalue weighted by molar-refractivity contribution is 0.0402. The van der Waals surface area contributed by atoms with Crippen molar-refractivity contribution in [2.75, 3.05) is 6.54 Å². The average molecular weight is 266 g/mol. The summed E-state index contributed by atoms with van der Waals surface area (Å²) in [4.78, 5) is 15.1. The highest BCUT2D eigenvalue weighted by molar-refractivity contribution is 5.71. The molecule has 1 aromatic heterocycles. The van der Waals surface area contributed by atoms with Crippen molar-refractivity contribution in [2.45, 2.75) is 50.2 Å². The molecule has 3 N–H and O–H groups in total. The molecule has 1 saturated carbocycles. The van der Waals surface area contributed by atoms with Crippen LogP contribution in [-0.4, -0.2) is 28.8 Å². The molecule has 3 rings (SSSR count). The maximum Gasteiger partial charge on any atom is 0.312 e. The SMILES string of the molecule is NC(=O)NCC1CCC(c2noc(C3CCC3)n2)O1. The van der Waals surface area contributed by atoms with Crippen molar-refractivity contribution in [1.29, 1.82) is 0 Å². The molecule has 104 valence electrons. The predicted molar refractivity (Wildman–Crippen MR) is 65.3 cm³/mol. The smallest absolute Gasteiger partial charge is 0.312 e. The topological polar surface area (TPSA) is 103 Å². The fraction of sp³-hybridized carbons (Fsp3) is 0.750. The molecule has 7 nitrogen and oxygen atoms in total. The maximum atomic E-state index is 10.6. The molecule has 2 amide bonds. The third-order valence-corrected chi connectivity index (χ3v) is 3.81. The van der Waals surface area contributed by atoms with Gasteiger partial charge in [-0.25, -0.2) is 4.79 Å². The molecule has 1 aromatic rings. The van der Waals surface area contributed by atoms with Gasteiger partial charge < -0.3 is 20.3 Å². The van der Waals surface area contributed by atoms with Crippen LogP contribution in [-0.2, 0) is 4.74 Å². The van der Waals surface area contributed by atoms with E-state index in [1.165, 1.54) is 6.42 Å². The number of hydrogen-bond acceptors (Lipinski definition) is 5. The van der Waals surface area contributed by atoms with E-state index < -0.39 is 6.03 Å². The van der Waals surface area contributed by atoms with Gasteiger partial charge in [-0.3, -0.25) is 0 Å². The number of hydrogen-bond donors (Lipinski definition) is 2. The Kier molecular flexibility index (Phi) is 3.37. The van der Waals surface area contributed by atoms with E-state index in [1.54, 1.807) is 0 Å². The Morgan fingerprint density at radius 1 is 1.37 bits per heavy atom. The molecule has 1 saturated heterocycles. The summed E-state index contributed by atoms with van der Waals surface area (Å²) in [5.74, 6) is 1.81. The van der Waals surface area contributed by atoms with E-state index in [1.807, 2.05) is 0 Å². The number of nitrogens with one attached hydrogen (secondary N) is 1. The molecule has 19 heavy (non-hydrogen) atoms. The van der Waals surface area contributed by atoms with Crippen molar-refractivity contribution in [2.24, 2.45) is 5.73 Å². The first-order valence-electron chi connectivity index (χ1n) is 6.74. The molecule has 7 heteroatoms. The Hall–Kier alpha value is -1.63. The molecule has 0 radical (unpaired) electrons. The lowest BCUT2D eigenvalue weighted by atomic mass is 9.85. The second-order valence-corrected chi connectivity index (χ2v) is 5.19. The number of aromatic nitrogens is 2. The van der Waals surface area contributed by atoms with E-state index >= 15 is 0 Å². The molecule has 0 bridgehead atoms. The molecular formula is C12H18N4O3. The van der Waals surface area contributed by atoms with Crippen LogP contribution in [0.25, 0.3) is 0 Å². The van der Waals surface area contributed by atoms with Gasteiger partial charge in [-0.15, -0.1) is 0 Å². The predicted octanol–water partition coefficient (Wildman–Crippen LogP) is 1.23. The van der Waals surface area contributed by atoms with E-state index in [-0.39, 0.29) is 12.2 Å². The van der Waals surface area contributed by atoms with Crippen LogP contribution in [0.1, 0.15) is 55.8 Å². The minimum absolute atomic E-state index is 0.0249. The Morgan fingerprint density at radius 2 is 2.21 bits per heavy atom. The minimum atomic E-state index is -0.529. The Balaban J connectivity index is 1.55. The molecule has 0 spiro atoms. The first-order valence-corrected chi connectivity index (χ1v) is 6.74. The molecule has 2 heterocycles. The average Bonchev–Trinajstić information content (AvgIpc) is 2.91. The standard InChI is InChI=1S/C12H18N4O3/c13-12(17)14-6-8-4-5-9(18-8)10-15-11(19-16-10)7-2-1-3-7/h7-9H,1-6H2,(H3,13,14,17). The summed E-state index contributed by atoms with van der Waals surface area (Å²) in [5, 5.41) is 6.56. The third-order valence-electron chi connectivity index (χ3n) is 3.81. The van der Waals surface area contributed by atoms with Gasteiger partial charge in [0.2, 0.25) is 11.7 Å².